The van der Waals surface area contributed by atoms with Gasteiger partial charge in [-0.3, -0.25) is 0 Å². The molecule has 6 aromatic rings. The Morgan fingerprint density at radius 2 is 0.578 bits per heavy atom. The van der Waals surface area contributed by atoms with E-state index in [1.54, 1.807) is 0 Å². The van der Waals surface area contributed by atoms with Crippen LogP contribution >= 0.6 is 0 Å². The van der Waals surface area contributed by atoms with Gasteiger partial charge in [0.05, 0.1) is 0 Å². The number of hydrogen-bond donors (Lipinski definition) is 0. The van der Waals surface area contributed by atoms with Gasteiger partial charge in [0.15, 0.2) is 0 Å². The lowest BCUT2D eigenvalue weighted by molar-refractivity contribution is 0.660. The largest absolute Gasteiger partial charge is 0.0619 e. The van der Waals surface area contributed by atoms with Crippen molar-refractivity contribution in [2.45, 2.75) is 57.8 Å². The highest BCUT2D eigenvalue weighted by atomic mass is 14.4. The summed E-state index contributed by atoms with van der Waals surface area (Å²) in [5.41, 5.74) is 21.9. The number of fused-ring (bicyclic) bond motifs is 9. The Kier molecular flexibility index (Phi) is 5.18. The normalized spacial score (nSPS) is 16.8. The summed E-state index contributed by atoms with van der Waals surface area (Å²) in [5.74, 6) is 0. The van der Waals surface area contributed by atoms with Gasteiger partial charge in [0, 0.05) is 16.2 Å². The third-order valence-corrected chi connectivity index (χ3v) is 11.5. The molecular weight excluding hydrogens is 540 g/mol. The summed E-state index contributed by atoms with van der Waals surface area (Å²) in [7, 11) is 0. The quantitative estimate of drug-likeness (QED) is 0.192. The molecular formula is C45H38. The van der Waals surface area contributed by atoms with Crippen molar-refractivity contribution < 1.29 is 0 Å². The minimum atomic E-state index is -0.0900. The van der Waals surface area contributed by atoms with Gasteiger partial charge in [0.2, 0.25) is 0 Å². The van der Waals surface area contributed by atoms with Crippen molar-refractivity contribution in [1.82, 2.24) is 0 Å². The van der Waals surface area contributed by atoms with Crippen molar-refractivity contribution in [2.75, 3.05) is 0 Å². The van der Waals surface area contributed by atoms with Crippen molar-refractivity contribution in [1.29, 1.82) is 0 Å². The molecule has 0 saturated carbocycles. The van der Waals surface area contributed by atoms with Gasteiger partial charge < -0.3 is 0 Å². The zero-order valence-corrected chi connectivity index (χ0v) is 27.0. The second-order valence-electron chi connectivity index (χ2n) is 15.0. The molecule has 0 saturated heterocycles. The monoisotopic (exact) mass is 578 g/mol. The molecule has 0 spiro atoms. The van der Waals surface area contributed by atoms with Gasteiger partial charge >= 0.3 is 0 Å². The van der Waals surface area contributed by atoms with Gasteiger partial charge in [-0.25, -0.2) is 0 Å². The van der Waals surface area contributed by atoms with Crippen LogP contribution in [0.25, 0.3) is 55.6 Å². The van der Waals surface area contributed by atoms with Crippen molar-refractivity contribution in [3.63, 3.8) is 0 Å². The summed E-state index contributed by atoms with van der Waals surface area (Å²) >= 11 is 0. The van der Waals surface area contributed by atoms with Crippen molar-refractivity contribution in [3.8, 4) is 55.6 Å². The van der Waals surface area contributed by atoms with Crippen LogP contribution in [0, 0.1) is 0 Å². The minimum absolute atomic E-state index is 0.0299. The molecule has 45 heavy (non-hydrogen) atoms. The lowest BCUT2D eigenvalue weighted by Crippen LogP contribution is -2.15. The summed E-state index contributed by atoms with van der Waals surface area (Å²) < 4.78 is 0. The molecule has 218 valence electrons. The summed E-state index contributed by atoms with van der Waals surface area (Å²) in [6.07, 6.45) is 0. The maximum absolute atomic E-state index is 2.46. The average Bonchev–Trinajstić information content (AvgIpc) is 3.53. The van der Waals surface area contributed by atoms with E-state index in [4.69, 9.17) is 0 Å². The fourth-order valence-electron chi connectivity index (χ4n) is 8.90. The van der Waals surface area contributed by atoms with Gasteiger partial charge in [0.25, 0.3) is 0 Å². The van der Waals surface area contributed by atoms with Crippen LogP contribution in [0.2, 0.25) is 0 Å². The first kappa shape index (κ1) is 26.7. The minimum Gasteiger partial charge on any atom is -0.0619 e. The third-order valence-electron chi connectivity index (χ3n) is 11.5. The van der Waals surface area contributed by atoms with Crippen molar-refractivity contribution in [2.24, 2.45) is 0 Å². The molecule has 0 aliphatic heterocycles. The van der Waals surface area contributed by atoms with Crippen LogP contribution < -0.4 is 0 Å². The molecule has 0 radical (unpaired) electrons. The van der Waals surface area contributed by atoms with Crippen LogP contribution in [-0.2, 0) is 16.2 Å². The molecule has 0 amide bonds. The molecule has 9 rings (SSSR count). The van der Waals surface area contributed by atoms with E-state index in [0.29, 0.717) is 0 Å². The fraction of sp³-hybridized carbons (Fsp3) is 0.200. The zero-order valence-electron chi connectivity index (χ0n) is 27.0. The molecule has 0 bridgehead atoms. The highest BCUT2D eigenvalue weighted by Gasteiger charge is 2.38. The predicted octanol–water partition coefficient (Wildman–Crippen LogP) is 11.9. The molecule has 3 aliphatic rings. The van der Waals surface area contributed by atoms with Gasteiger partial charge in [-0.05, 0) is 113 Å². The Morgan fingerprint density at radius 3 is 1.02 bits per heavy atom. The Bertz CT molecular complexity index is 2080. The molecule has 0 fully saturated rings. The maximum atomic E-state index is 2.46. The second-order valence-corrected chi connectivity index (χ2v) is 15.0. The van der Waals surface area contributed by atoms with E-state index in [1.165, 1.54) is 89.0 Å². The lowest BCUT2D eigenvalue weighted by atomic mass is 9.80. The molecule has 0 unspecified atom stereocenters. The third kappa shape index (κ3) is 3.49. The van der Waals surface area contributed by atoms with Crippen LogP contribution in [-0.4, -0.2) is 0 Å². The molecule has 6 aromatic carbocycles. The van der Waals surface area contributed by atoms with Crippen molar-refractivity contribution in [3.05, 3.63) is 155 Å². The molecule has 0 heterocycles. The molecule has 0 heteroatoms. The van der Waals surface area contributed by atoms with E-state index in [2.05, 4.69) is 163 Å². The smallest absolute Gasteiger partial charge is 0.0159 e. The van der Waals surface area contributed by atoms with E-state index in [0.717, 1.165) is 0 Å². The van der Waals surface area contributed by atoms with Crippen LogP contribution in [0.1, 0.15) is 74.9 Å². The Balaban J connectivity index is 1.11. The Morgan fingerprint density at radius 1 is 0.267 bits per heavy atom. The first-order chi connectivity index (χ1) is 21.6. The van der Waals surface area contributed by atoms with Crippen molar-refractivity contribution >= 4 is 0 Å². The van der Waals surface area contributed by atoms with Crippen LogP contribution in [0.3, 0.4) is 0 Å². The highest BCUT2D eigenvalue weighted by molar-refractivity contribution is 5.89. The Labute approximate surface area is 267 Å². The van der Waals surface area contributed by atoms with Gasteiger partial charge in [-0.15, -0.1) is 0 Å². The SMILES string of the molecule is CC1(C)c2ccccc2-c2cc(-c3ccc4c(c3)C(C)(C)c3cc(-c5ccc6c(c5)-c5ccccc5C6(C)C)ccc3-4)ccc21. The molecule has 0 N–H and O–H groups in total. The zero-order chi connectivity index (χ0) is 30.9. The predicted molar refractivity (Wildman–Crippen MR) is 190 cm³/mol. The standard InChI is InChI=1S/C45H38/c1-43(2)37-13-9-7-11-31(37)35-23-27(17-21-39(35)43)29-15-19-33-34-20-16-30(26-42(34)45(5,6)41(33)25-29)28-18-22-40-36(24-28)32-12-8-10-14-38(32)44(40,3)4/h7-26H,1-6H3. The number of hydrogen-bond acceptors (Lipinski definition) is 0. The van der Waals surface area contributed by atoms with Gasteiger partial charge in [0.1, 0.15) is 0 Å². The summed E-state index contributed by atoms with van der Waals surface area (Å²) in [6.45, 7) is 14.2. The first-order valence-corrected chi connectivity index (χ1v) is 16.4. The number of rotatable bonds is 2. The van der Waals surface area contributed by atoms with E-state index in [-0.39, 0.29) is 16.2 Å². The summed E-state index contributed by atoms with van der Waals surface area (Å²) in [4.78, 5) is 0. The topological polar surface area (TPSA) is 0 Å². The number of benzene rings is 6. The van der Waals surface area contributed by atoms with Gasteiger partial charge in [-0.1, -0.05) is 139 Å². The average molecular weight is 579 g/mol. The fourth-order valence-corrected chi connectivity index (χ4v) is 8.90. The molecule has 3 aliphatic carbocycles. The van der Waals surface area contributed by atoms with Crippen LogP contribution in [0.15, 0.2) is 121 Å². The highest BCUT2D eigenvalue weighted by Crippen LogP contribution is 2.53. The van der Waals surface area contributed by atoms with E-state index >= 15 is 0 Å². The van der Waals surface area contributed by atoms with E-state index in [9.17, 15) is 0 Å². The van der Waals surface area contributed by atoms with Crippen LogP contribution in [0.4, 0.5) is 0 Å². The maximum Gasteiger partial charge on any atom is 0.0159 e. The Hall–Kier alpha value is -4.68. The second kappa shape index (κ2) is 8.73. The summed E-state index contributed by atoms with van der Waals surface area (Å²) in [5, 5.41) is 0. The van der Waals surface area contributed by atoms with E-state index < -0.39 is 0 Å². The lowest BCUT2D eigenvalue weighted by Gasteiger charge is -2.23. The van der Waals surface area contributed by atoms with Crippen LogP contribution in [0.5, 0.6) is 0 Å². The molecule has 0 atom stereocenters. The van der Waals surface area contributed by atoms with Gasteiger partial charge in [-0.2, -0.15) is 0 Å². The first-order valence-electron chi connectivity index (χ1n) is 16.4. The summed E-state index contributed by atoms with van der Waals surface area (Å²) in [6, 6.07) is 46.3. The molecule has 0 nitrogen and oxygen atoms in total. The molecule has 0 aromatic heterocycles. The van der Waals surface area contributed by atoms with E-state index in [1.807, 2.05) is 0 Å².